The van der Waals surface area contributed by atoms with E-state index in [1.165, 1.54) is 12.8 Å². The summed E-state index contributed by atoms with van der Waals surface area (Å²) in [5, 5.41) is 0. The minimum absolute atomic E-state index is 0.0153. The lowest BCUT2D eigenvalue weighted by Gasteiger charge is -2.37. The molecule has 0 unspecified atom stereocenters. The van der Waals surface area contributed by atoms with E-state index < -0.39 is 0 Å². The zero-order valence-electron chi connectivity index (χ0n) is 17.9. The number of piperidine rings is 2. The number of anilines is 3. The van der Waals surface area contributed by atoms with Crippen LogP contribution >= 0.6 is 0 Å². The van der Waals surface area contributed by atoms with Gasteiger partial charge in [0.15, 0.2) is 0 Å². The number of unbranched alkanes of at least 4 members (excludes halogenated alkanes) is 2. The highest BCUT2D eigenvalue weighted by atomic mass is 15.4. The van der Waals surface area contributed by atoms with Gasteiger partial charge in [-0.1, -0.05) is 19.8 Å². The molecule has 4 atom stereocenters. The van der Waals surface area contributed by atoms with Crippen molar-refractivity contribution >= 4 is 17.8 Å². The molecule has 8 N–H and O–H groups in total. The van der Waals surface area contributed by atoms with Gasteiger partial charge in [-0.25, -0.2) is 0 Å². The minimum Gasteiger partial charge on any atom is -0.344 e. The Hall–Kier alpha value is -1.75. The molecular formula is C19H38N10. The van der Waals surface area contributed by atoms with Gasteiger partial charge in [-0.3, -0.25) is 0 Å². The lowest BCUT2D eigenvalue weighted by molar-refractivity contribution is 0.441. The summed E-state index contributed by atoms with van der Waals surface area (Å²) in [6, 6.07) is 0.0612. The molecule has 0 amide bonds. The minimum atomic E-state index is 0.0153. The predicted octanol–water partition coefficient (Wildman–Crippen LogP) is -0.773. The Bertz CT molecular complexity index is 592. The van der Waals surface area contributed by atoms with Crippen molar-refractivity contribution in [2.45, 2.75) is 63.2 Å². The van der Waals surface area contributed by atoms with E-state index in [2.05, 4.69) is 21.6 Å². The van der Waals surface area contributed by atoms with Gasteiger partial charge < -0.3 is 37.6 Å². The van der Waals surface area contributed by atoms with Gasteiger partial charge in [-0.2, -0.15) is 15.0 Å². The van der Waals surface area contributed by atoms with E-state index in [0.717, 1.165) is 25.8 Å². The summed E-state index contributed by atoms with van der Waals surface area (Å²) in [7, 11) is 2.03. The van der Waals surface area contributed by atoms with Crippen molar-refractivity contribution in [2.24, 2.45) is 22.9 Å². The molecule has 0 radical (unpaired) electrons. The van der Waals surface area contributed by atoms with Gasteiger partial charge in [0.05, 0.1) is 0 Å². The van der Waals surface area contributed by atoms with Crippen molar-refractivity contribution in [1.82, 2.24) is 15.0 Å². The number of rotatable bonds is 7. The fourth-order valence-corrected chi connectivity index (χ4v) is 4.18. The first-order valence-electron chi connectivity index (χ1n) is 10.8. The van der Waals surface area contributed by atoms with E-state index in [1.54, 1.807) is 0 Å². The van der Waals surface area contributed by atoms with Crippen LogP contribution in [0.4, 0.5) is 17.8 Å². The Balaban J connectivity index is 1.89. The molecule has 2 saturated heterocycles. The fourth-order valence-electron chi connectivity index (χ4n) is 4.18. The Labute approximate surface area is 174 Å². The molecule has 29 heavy (non-hydrogen) atoms. The van der Waals surface area contributed by atoms with Crippen LogP contribution in [0.3, 0.4) is 0 Å². The van der Waals surface area contributed by atoms with Gasteiger partial charge in [-0.15, -0.1) is 0 Å². The first kappa shape index (κ1) is 21.9. The van der Waals surface area contributed by atoms with Crippen LogP contribution in [0.1, 0.15) is 39.0 Å². The van der Waals surface area contributed by atoms with E-state index in [-0.39, 0.29) is 24.2 Å². The second-order valence-electron chi connectivity index (χ2n) is 8.69. The van der Waals surface area contributed by atoms with Crippen molar-refractivity contribution in [1.29, 1.82) is 0 Å². The zero-order valence-corrected chi connectivity index (χ0v) is 17.9. The van der Waals surface area contributed by atoms with Crippen LogP contribution in [0.25, 0.3) is 0 Å². The van der Waals surface area contributed by atoms with Gasteiger partial charge in [0.1, 0.15) is 0 Å². The monoisotopic (exact) mass is 406 g/mol. The fraction of sp³-hybridized carbons (Fsp3) is 0.842. The van der Waals surface area contributed by atoms with E-state index in [4.69, 9.17) is 37.9 Å². The molecule has 3 heterocycles. The summed E-state index contributed by atoms with van der Waals surface area (Å²) in [6.07, 6.45) is 5.08. The average Bonchev–Trinajstić information content (AvgIpc) is 2.66. The summed E-state index contributed by atoms with van der Waals surface area (Å²) in [5.41, 5.74) is 24.8. The third-order valence-corrected chi connectivity index (χ3v) is 5.63. The van der Waals surface area contributed by atoms with Crippen molar-refractivity contribution < 1.29 is 0 Å². The van der Waals surface area contributed by atoms with E-state index in [0.29, 0.717) is 44.0 Å². The smallest absolute Gasteiger partial charge is 0.232 e. The first-order chi connectivity index (χ1) is 13.9. The lowest BCUT2D eigenvalue weighted by Crippen LogP contribution is -2.54. The third-order valence-electron chi connectivity index (χ3n) is 5.63. The van der Waals surface area contributed by atoms with E-state index in [1.807, 2.05) is 7.05 Å². The van der Waals surface area contributed by atoms with Gasteiger partial charge in [0, 0.05) is 63.9 Å². The second kappa shape index (κ2) is 9.84. The summed E-state index contributed by atoms with van der Waals surface area (Å²) in [5.74, 6) is 1.93. The van der Waals surface area contributed by atoms with Gasteiger partial charge in [-0.05, 0) is 19.3 Å². The molecule has 2 aliphatic rings. The molecule has 3 rings (SSSR count). The molecule has 0 aromatic carbocycles. The van der Waals surface area contributed by atoms with Gasteiger partial charge in [0.2, 0.25) is 17.8 Å². The molecule has 0 bridgehead atoms. The molecule has 0 aliphatic carbocycles. The number of aromatic nitrogens is 3. The summed E-state index contributed by atoms with van der Waals surface area (Å²) in [6.45, 7) is 5.86. The zero-order chi connectivity index (χ0) is 21.0. The maximum absolute atomic E-state index is 6.20. The Morgan fingerprint density at radius 2 is 1.24 bits per heavy atom. The topological polar surface area (TPSA) is 152 Å². The summed E-state index contributed by atoms with van der Waals surface area (Å²) >= 11 is 0. The highest BCUT2D eigenvalue weighted by molar-refractivity contribution is 5.47. The van der Waals surface area contributed by atoms with Crippen molar-refractivity contribution in [3.63, 3.8) is 0 Å². The largest absolute Gasteiger partial charge is 0.344 e. The number of nitrogens with two attached hydrogens (primary N) is 4. The van der Waals surface area contributed by atoms with Gasteiger partial charge in [0.25, 0.3) is 0 Å². The Kier molecular flexibility index (Phi) is 7.44. The highest BCUT2D eigenvalue weighted by Gasteiger charge is 2.29. The van der Waals surface area contributed by atoms with Crippen LogP contribution in [0.2, 0.25) is 0 Å². The first-order valence-corrected chi connectivity index (χ1v) is 10.8. The number of hydrogen-bond acceptors (Lipinski definition) is 10. The molecule has 10 heteroatoms. The van der Waals surface area contributed by atoms with Crippen LogP contribution in [-0.2, 0) is 0 Å². The molecule has 1 aromatic rings. The molecule has 164 valence electrons. The number of hydrogen-bond donors (Lipinski definition) is 4. The lowest BCUT2D eigenvalue weighted by atomic mass is 10.0. The highest BCUT2D eigenvalue weighted by Crippen LogP contribution is 2.23. The molecule has 2 aliphatic heterocycles. The molecule has 1 aromatic heterocycles. The van der Waals surface area contributed by atoms with Crippen LogP contribution < -0.4 is 37.6 Å². The molecule has 2 fully saturated rings. The molecule has 0 saturated carbocycles. The van der Waals surface area contributed by atoms with Crippen LogP contribution in [-0.4, -0.2) is 78.9 Å². The van der Waals surface area contributed by atoms with Crippen molar-refractivity contribution in [3.05, 3.63) is 0 Å². The second-order valence-corrected chi connectivity index (χ2v) is 8.69. The standard InChI is InChI=1S/C19H38N10/c1-3-4-5-6-27(2)17-24-18(28-9-13(20)7-14(21)10-28)26-19(25-17)29-11-15(22)8-16(23)12-29/h13-16H,3-12,20-23H2,1-2H3/t13-,14+,15-,16+. The number of nitrogens with zero attached hydrogens (tertiary/aromatic N) is 6. The Morgan fingerprint density at radius 3 is 1.66 bits per heavy atom. The maximum Gasteiger partial charge on any atom is 0.232 e. The van der Waals surface area contributed by atoms with Gasteiger partial charge >= 0.3 is 0 Å². The van der Waals surface area contributed by atoms with Crippen LogP contribution in [0, 0.1) is 0 Å². The predicted molar refractivity (Wildman–Crippen MR) is 118 cm³/mol. The van der Waals surface area contributed by atoms with E-state index in [9.17, 15) is 0 Å². The Morgan fingerprint density at radius 1 is 0.793 bits per heavy atom. The maximum atomic E-state index is 6.20. The van der Waals surface area contributed by atoms with Crippen molar-refractivity contribution in [2.75, 3.05) is 54.5 Å². The molecule has 10 nitrogen and oxygen atoms in total. The average molecular weight is 407 g/mol. The normalized spacial score (nSPS) is 27.9. The van der Waals surface area contributed by atoms with E-state index >= 15 is 0 Å². The quantitative estimate of drug-likeness (QED) is 0.424. The van der Waals surface area contributed by atoms with Crippen molar-refractivity contribution in [3.8, 4) is 0 Å². The molecular weight excluding hydrogens is 368 g/mol. The van der Waals surface area contributed by atoms with Crippen LogP contribution in [0.5, 0.6) is 0 Å². The molecule has 0 spiro atoms. The summed E-state index contributed by atoms with van der Waals surface area (Å²) < 4.78 is 0. The third kappa shape index (κ3) is 5.88. The SMILES string of the molecule is CCCCCN(C)c1nc(N2C[C@H](N)C[C@H](N)C2)nc(N2C[C@H](N)C[C@H](N)C2)n1. The van der Waals surface area contributed by atoms with Crippen LogP contribution in [0.15, 0.2) is 0 Å². The summed E-state index contributed by atoms with van der Waals surface area (Å²) in [4.78, 5) is 20.6.